The van der Waals surface area contributed by atoms with Crippen LogP contribution in [-0.2, 0) is 14.2 Å². The minimum absolute atomic E-state index is 0.790. The minimum Gasteiger partial charge on any atom is -0.331 e. The monoisotopic (exact) mass is 303 g/mol. The molecule has 0 aliphatic rings. The summed E-state index contributed by atoms with van der Waals surface area (Å²) in [6, 6.07) is 0. The quantitative estimate of drug-likeness (QED) is 0.337. The van der Waals surface area contributed by atoms with Crippen LogP contribution in [0.15, 0.2) is 0 Å². The first-order valence-corrected chi connectivity index (χ1v) is 8.48. The van der Waals surface area contributed by atoms with Crippen LogP contribution in [0.25, 0.3) is 0 Å². The highest BCUT2D eigenvalue weighted by atomic mass is 16.9. The minimum atomic E-state index is -0.843. The summed E-state index contributed by atoms with van der Waals surface area (Å²) in [5.74, 6) is -0.843. The Morgan fingerprint density at radius 1 is 0.714 bits per heavy atom. The molecule has 21 heavy (non-hydrogen) atoms. The summed E-state index contributed by atoms with van der Waals surface area (Å²) >= 11 is 0. The molecule has 128 valence electrons. The molecular weight excluding hydrogens is 266 g/mol. The van der Waals surface area contributed by atoms with E-state index in [9.17, 15) is 0 Å². The molecule has 0 heterocycles. The van der Waals surface area contributed by atoms with E-state index in [1.165, 1.54) is 58.0 Å². The first kappa shape index (κ1) is 20.8. The molecule has 0 aliphatic heterocycles. The summed E-state index contributed by atoms with van der Waals surface area (Å²) in [7, 11) is 7.10. The van der Waals surface area contributed by atoms with E-state index in [0.29, 0.717) is 0 Å². The number of ether oxygens (including phenoxy) is 3. The van der Waals surface area contributed by atoms with Gasteiger partial charge in [-0.25, -0.2) is 0 Å². The zero-order valence-electron chi connectivity index (χ0n) is 15.0. The molecule has 0 spiro atoms. The molecule has 4 heteroatoms. The largest absolute Gasteiger partial charge is 0.331 e. The Balaban J connectivity index is 3.40. The molecule has 0 aromatic heterocycles. The second-order valence-electron chi connectivity index (χ2n) is 5.82. The topological polar surface area (TPSA) is 30.9 Å². The Bertz CT molecular complexity index is 212. The van der Waals surface area contributed by atoms with Gasteiger partial charge in [-0.05, 0) is 39.4 Å². The predicted molar refractivity (Wildman–Crippen MR) is 88.5 cm³/mol. The Morgan fingerprint density at radius 2 is 1.19 bits per heavy atom. The first-order valence-electron chi connectivity index (χ1n) is 8.48. The van der Waals surface area contributed by atoms with E-state index in [4.69, 9.17) is 14.2 Å². The van der Waals surface area contributed by atoms with E-state index in [2.05, 4.69) is 18.9 Å². The molecule has 0 aromatic rings. The molecular formula is C17H37NO3. The Labute approximate surface area is 132 Å². The van der Waals surface area contributed by atoms with Gasteiger partial charge in [-0.3, -0.25) is 0 Å². The smallest absolute Gasteiger partial charge is 0.282 e. The third-order valence-corrected chi connectivity index (χ3v) is 4.06. The molecule has 0 radical (unpaired) electrons. The second kappa shape index (κ2) is 13.5. The van der Waals surface area contributed by atoms with E-state index in [0.717, 1.165) is 12.8 Å². The fourth-order valence-corrected chi connectivity index (χ4v) is 2.66. The first-order chi connectivity index (χ1) is 10.1. The van der Waals surface area contributed by atoms with Gasteiger partial charge in [-0.1, -0.05) is 39.0 Å². The summed E-state index contributed by atoms with van der Waals surface area (Å²) in [5.41, 5.74) is 0. The van der Waals surface area contributed by atoms with Crippen molar-refractivity contribution >= 4 is 0 Å². The molecule has 0 amide bonds. The van der Waals surface area contributed by atoms with Crippen LogP contribution in [0.4, 0.5) is 0 Å². The van der Waals surface area contributed by atoms with Crippen molar-refractivity contribution in [2.24, 2.45) is 0 Å². The van der Waals surface area contributed by atoms with E-state index in [1.807, 2.05) is 0 Å². The van der Waals surface area contributed by atoms with E-state index in [-0.39, 0.29) is 0 Å². The lowest BCUT2D eigenvalue weighted by molar-refractivity contribution is -0.355. The fourth-order valence-electron chi connectivity index (χ4n) is 2.66. The van der Waals surface area contributed by atoms with Gasteiger partial charge in [0.25, 0.3) is 5.97 Å². The molecule has 0 aromatic carbocycles. The van der Waals surface area contributed by atoms with Gasteiger partial charge in [0.1, 0.15) is 0 Å². The molecule has 0 unspecified atom stereocenters. The van der Waals surface area contributed by atoms with Crippen molar-refractivity contribution < 1.29 is 14.2 Å². The maximum atomic E-state index is 5.29. The van der Waals surface area contributed by atoms with Crippen LogP contribution in [0.5, 0.6) is 0 Å². The lowest BCUT2D eigenvalue weighted by Crippen LogP contribution is -2.35. The molecule has 4 nitrogen and oxygen atoms in total. The van der Waals surface area contributed by atoms with E-state index in [1.54, 1.807) is 21.3 Å². The molecule has 0 bridgehead atoms. The average Bonchev–Trinajstić information content (AvgIpc) is 2.50. The highest BCUT2D eigenvalue weighted by molar-refractivity contribution is 4.57. The summed E-state index contributed by atoms with van der Waals surface area (Å²) in [4.78, 5) is 2.43. The molecule has 0 atom stereocenters. The zero-order valence-corrected chi connectivity index (χ0v) is 15.0. The van der Waals surface area contributed by atoms with Crippen molar-refractivity contribution in [1.82, 2.24) is 4.90 Å². The van der Waals surface area contributed by atoms with Gasteiger partial charge in [0.05, 0.1) is 0 Å². The Morgan fingerprint density at radius 3 is 1.67 bits per heavy atom. The van der Waals surface area contributed by atoms with Gasteiger partial charge >= 0.3 is 0 Å². The standard InChI is InChI=1S/C17H37NO3/c1-6-15-18(2)16-13-11-9-7-8-10-12-14-17(19-3,20-4)21-5/h6-16H2,1-5H3. The van der Waals surface area contributed by atoms with Gasteiger partial charge in [0.15, 0.2) is 0 Å². The number of hydrogen-bond acceptors (Lipinski definition) is 4. The lowest BCUT2D eigenvalue weighted by atomic mass is 10.1. The number of methoxy groups -OCH3 is 3. The lowest BCUT2D eigenvalue weighted by Gasteiger charge is -2.28. The van der Waals surface area contributed by atoms with Gasteiger partial charge in [0.2, 0.25) is 0 Å². The van der Waals surface area contributed by atoms with Crippen LogP contribution in [0.3, 0.4) is 0 Å². The van der Waals surface area contributed by atoms with Crippen LogP contribution in [0.2, 0.25) is 0 Å². The molecule has 0 saturated carbocycles. The van der Waals surface area contributed by atoms with Gasteiger partial charge < -0.3 is 19.1 Å². The van der Waals surface area contributed by atoms with Crippen molar-refractivity contribution in [3.05, 3.63) is 0 Å². The van der Waals surface area contributed by atoms with Gasteiger partial charge in [0, 0.05) is 27.8 Å². The fraction of sp³-hybridized carbons (Fsp3) is 1.00. The van der Waals surface area contributed by atoms with Crippen molar-refractivity contribution in [2.75, 3.05) is 41.5 Å². The number of nitrogens with zero attached hydrogens (tertiary/aromatic N) is 1. The summed E-state index contributed by atoms with van der Waals surface area (Å²) in [6.45, 7) is 4.70. The van der Waals surface area contributed by atoms with Crippen molar-refractivity contribution in [1.29, 1.82) is 0 Å². The van der Waals surface area contributed by atoms with E-state index >= 15 is 0 Å². The zero-order chi connectivity index (χ0) is 16.0. The predicted octanol–water partition coefficient (Wildman–Crippen LogP) is 4.04. The molecule has 0 aliphatic carbocycles. The van der Waals surface area contributed by atoms with Crippen LogP contribution in [0.1, 0.15) is 64.7 Å². The van der Waals surface area contributed by atoms with Gasteiger partial charge in [-0.2, -0.15) is 0 Å². The Hall–Kier alpha value is -0.160. The van der Waals surface area contributed by atoms with Crippen LogP contribution in [-0.4, -0.2) is 52.3 Å². The normalized spacial score (nSPS) is 12.3. The third kappa shape index (κ3) is 10.2. The molecule has 0 N–H and O–H groups in total. The highest BCUT2D eigenvalue weighted by Crippen LogP contribution is 2.21. The third-order valence-electron chi connectivity index (χ3n) is 4.06. The Kier molecular flexibility index (Phi) is 13.4. The molecule has 0 saturated heterocycles. The summed E-state index contributed by atoms with van der Waals surface area (Å²) < 4.78 is 15.9. The van der Waals surface area contributed by atoms with Crippen molar-refractivity contribution in [2.45, 2.75) is 70.7 Å². The van der Waals surface area contributed by atoms with Crippen LogP contribution in [0, 0.1) is 0 Å². The van der Waals surface area contributed by atoms with Crippen molar-refractivity contribution in [3.8, 4) is 0 Å². The number of unbranched alkanes of at least 4 members (excludes halogenated alkanes) is 6. The van der Waals surface area contributed by atoms with E-state index < -0.39 is 5.97 Å². The van der Waals surface area contributed by atoms with Crippen molar-refractivity contribution in [3.63, 3.8) is 0 Å². The summed E-state index contributed by atoms with van der Waals surface area (Å²) in [5, 5.41) is 0. The molecule has 0 rings (SSSR count). The maximum absolute atomic E-state index is 5.29. The SMILES string of the molecule is CCCN(C)CCCCCCCCCC(OC)(OC)OC. The maximum Gasteiger partial charge on any atom is 0.282 e. The summed E-state index contributed by atoms with van der Waals surface area (Å²) in [6.07, 6.45) is 11.0. The highest BCUT2D eigenvalue weighted by Gasteiger charge is 2.28. The molecule has 0 fully saturated rings. The average molecular weight is 303 g/mol. The second-order valence-corrected chi connectivity index (χ2v) is 5.82. The van der Waals surface area contributed by atoms with Gasteiger partial charge in [-0.15, -0.1) is 0 Å². The number of rotatable bonds is 15. The van der Waals surface area contributed by atoms with Crippen LogP contribution < -0.4 is 0 Å². The van der Waals surface area contributed by atoms with Crippen LogP contribution >= 0.6 is 0 Å². The number of hydrogen-bond donors (Lipinski definition) is 0.